The smallest absolute Gasteiger partial charge is 0.230 e. The molecule has 0 aromatic carbocycles. The van der Waals surface area contributed by atoms with E-state index in [4.69, 9.17) is 0 Å². The van der Waals surface area contributed by atoms with Crippen molar-refractivity contribution in [3.8, 4) is 0 Å². The van der Waals surface area contributed by atoms with Crippen molar-refractivity contribution in [1.29, 1.82) is 0 Å². The van der Waals surface area contributed by atoms with Crippen molar-refractivity contribution in [2.75, 3.05) is 0 Å². The number of imide groups is 1. The molecule has 0 saturated heterocycles. The van der Waals surface area contributed by atoms with Crippen LogP contribution in [0.15, 0.2) is 12.2 Å². The van der Waals surface area contributed by atoms with Crippen LogP contribution >= 0.6 is 0 Å². The predicted octanol–water partition coefficient (Wildman–Crippen LogP) is 5.54. The summed E-state index contributed by atoms with van der Waals surface area (Å²) < 4.78 is 0. The van der Waals surface area contributed by atoms with E-state index in [1.807, 2.05) is 0 Å². The summed E-state index contributed by atoms with van der Waals surface area (Å²) in [6.07, 6.45) is 18.9. The molecule has 3 nitrogen and oxygen atoms in total. The molecule has 2 amide bonds. The van der Waals surface area contributed by atoms with Gasteiger partial charge in [0.25, 0.3) is 0 Å². The van der Waals surface area contributed by atoms with Gasteiger partial charge in [0.2, 0.25) is 11.8 Å². The Labute approximate surface area is 154 Å². The monoisotopic (exact) mass is 347 g/mol. The molecule has 3 atom stereocenters. The van der Waals surface area contributed by atoms with Crippen molar-refractivity contribution in [2.45, 2.75) is 97.3 Å². The van der Waals surface area contributed by atoms with Crippen molar-refractivity contribution >= 4 is 11.8 Å². The van der Waals surface area contributed by atoms with Crippen molar-refractivity contribution < 1.29 is 9.59 Å². The van der Waals surface area contributed by atoms with E-state index >= 15 is 0 Å². The fraction of sp³-hybridized carbons (Fsp3) is 0.818. The summed E-state index contributed by atoms with van der Waals surface area (Å²) >= 11 is 0. The van der Waals surface area contributed by atoms with Crippen LogP contribution in [0.25, 0.3) is 0 Å². The molecule has 142 valence electrons. The number of carbonyl (C=O) groups is 2. The number of rotatable bonds is 12. The summed E-state index contributed by atoms with van der Waals surface area (Å²) in [7, 11) is 0. The van der Waals surface area contributed by atoms with Crippen LogP contribution in [0, 0.1) is 17.3 Å². The molecule has 0 aromatic rings. The van der Waals surface area contributed by atoms with Crippen LogP contribution in [0.2, 0.25) is 0 Å². The minimum Gasteiger partial charge on any atom is -0.296 e. The van der Waals surface area contributed by atoms with Gasteiger partial charge in [0.05, 0.1) is 0 Å². The molecule has 2 bridgehead atoms. The van der Waals surface area contributed by atoms with E-state index in [0.29, 0.717) is 12.3 Å². The third kappa shape index (κ3) is 5.69. The average molecular weight is 348 g/mol. The second kappa shape index (κ2) is 10.1. The molecule has 2 aliphatic carbocycles. The van der Waals surface area contributed by atoms with E-state index < -0.39 is 0 Å². The highest BCUT2D eigenvalue weighted by molar-refractivity contribution is 5.97. The van der Waals surface area contributed by atoms with Crippen LogP contribution in [0.3, 0.4) is 0 Å². The molecule has 3 unspecified atom stereocenters. The zero-order valence-electron chi connectivity index (χ0n) is 16.3. The number of hydrogen-bond acceptors (Lipinski definition) is 2. The Balaban J connectivity index is 1.79. The molecule has 0 heterocycles. The lowest BCUT2D eigenvalue weighted by molar-refractivity contribution is -0.134. The molecule has 0 spiro atoms. The maximum Gasteiger partial charge on any atom is 0.230 e. The van der Waals surface area contributed by atoms with Gasteiger partial charge in [-0.2, -0.15) is 0 Å². The summed E-state index contributed by atoms with van der Waals surface area (Å²) in [5, 5.41) is 2.71. The molecule has 3 heteroatoms. The Kier molecular flexibility index (Phi) is 8.18. The maximum absolute atomic E-state index is 12.7. The number of unbranched alkanes of at least 4 members (excludes halogenated alkanes) is 7. The second-order valence-corrected chi connectivity index (χ2v) is 8.23. The van der Waals surface area contributed by atoms with Gasteiger partial charge in [0.1, 0.15) is 0 Å². The lowest BCUT2D eigenvalue weighted by Crippen LogP contribution is -2.41. The highest BCUT2D eigenvalue weighted by Crippen LogP contribution is 2.56. The first-order chi connectivity index (χ1) is 12.1. The third-order valence-corrected chi connectivity index (χ3v) is 6.16. The Morgan fingerprint density at radius 1 is 1.00 bits per heavy atom. The third-order valence-electron chi connectivity index (χ3n) is 6.16. The lowest BCUT2D eigenvalue weighted by Gasteiger charge is -2.31. The second-order valence-electron chi connectivity index (χ2n) is 8.23. The Hall–Kier alpha value is -1.12. The van der Waals surface area contributed by atoms with Crippen LogP contribution < -0.4 is 5.32 Å². The molecular formula is C22H37NO2. The molecule has 1 fully saturated rings. The number of carbonyl (C=O) groups excluding carboxylic acids is 2. The number of fused-ring (bicyclic) bond motifs is 2. The molecule has 0 radical (unpaired) electrons. The quantitative estimate of drug-likeness (QED) is 0.372. The number of hydrogen-bond donors (Lipinski definition) is 1. The molecule has 1 N–H and O–H groups in total. The molecule has 0 aliphatic heterocycles. The van der Waals surface area contributed by atoms with Crippen molar-refractivity contribution in [3.63, 3.8) is 0 Å². The summed E-state index contributed by atoms with van der Waals surface area (Å²) in [6.45, 7) is 4.40. The van der Waals surface area contributed by atoms with Crippen LogP contribution in [-0.4, -0.2) is 11.8 Å². The van der Waals surface area contributed by atoms with Crippen LogP contribution in [0.4, 0.5) is 0 Å². The van der Waals surface area contributed by atoms with Gasteiger partial charge in [0, 0.05) is 17.8 Å². The lowest BCUT2D eigenvalue weighted by atomic mass is 9.73. The molecule has 25 heavy (non-hydrogen) atoms. The van der Waals surface area contributed by atoms with Crippen LogP contribution in [0.1, 0.15) is 97.3 Å². The first-order valence-corrected chi connectivity index (χ1v) is 10.6. The van der Waals surface area contributed by atoms with E-state index in [2.05, 4.69) is 31.3 Å². The van der Waals surface area contributed by atoms with Gasteiger partial charge in [-0.25, -0.2) is 0 Å². The molecular weight excluding hydrogens is 310 g/mol. The van der Waals surface area contributed by atoms with Gasteiger partial charge < -0.3 is 0 Å². The average Bonchev–Trinajstić information content (AvgIpc) is 3.17. The summed E-state index contributed by atoms with van der Waals surface area (Å²) in [6, 6.07) is 0. The standard InChI is InChI=1S/C22H37NO2/c1-3-5-7-9-11-14-22-15-13-18(17-22)16-19(22)21(25)23-20(24)12-10-8-6-4-2/h13,15,18-19H,3-12,14,16-17H2,1-2H3,(H,23,24,25). The van der Waals surface area contributed by atoms with Gasteiger partial charge in [-0.15, -0.1) is 0 Å². The van der Waals surface area contributed by atoms with Crippen molar-refractivity contribution in [3.05, 3.63) is 12.2 Å². The minimum atomic E-state index is -0.0778. The molecule has 1 saturated carbocycles. The maximum atomic E-state index is 12.7. The first kappa shape index (κ1) is 20.2. The van der Waals surface area contributed by atoms with Gasteiger partial charge in [-0.3, -0.25) is 14.9 Å². The van der Waals surface area contributed by atoms with E-state index in [1.54, 1.807) is 0 Å². The van der Waals surface area contributed by atoms with Crippen molar-refractivity contribution in [1.82, 2.24) is 5.32 Å². The zero-order chi connectivity index (χ0) is 18.1. The zero-order valence-corrected chi connectivity index (χ0v) is 16.3. The van der Waals surface area contributed by atoms with Crippen LogP contribution in [0.5, 0.6) is 0 Å². The van der Waals surface area contributed by atoms with E-state index in [1.165, 1.54) is 32.1 Å². The van der Waals surface area contributed by atoms with E-state index in [-0.39, 0.29) is 23.1 Å². The predicted molar refractivity (Wildman–Crippen MR) is 103 cm³/mol. The SMILES string of the molecule is CCCCCCCC12C=CC(CC1C(=O)NC(=O)CCCCCC)C2. The Bertz CT molecular complexity index is 471. The minimum absolute atomic E-state index is 0.00765. The van der Waals surface area contributed by atoms with Gasteiger partial charge in [-0.05, 0) is 31.6 Å². The summed E-state index contributed by atoms with van der Waals surface area (Å²) in [5.41, 5.74) is 0.0312. The number of nitrogens with one attached hydrogen (secondary N) is 1. The highest BCUT2D eigenvalue weighted by Gasteiger charge is 2.51. The first-order valence-electron chi connectivity index (χ1n) is 10.6. The normalized spacial score (nSPS) is 27.0. The van der Waals surface area contributed by atoms with Gasteiger partial charge in [0.15, 0.2) is 0 Å². The van der Waals surface area contributed by atoms with E-state index in [9.17, 15) is 9.59 Å². The van der Waals surface area contributed by atoms with Crippen molar-refractivity contribution in [2.24, 2.45) is 17.3 Å². The largest absolute Gasteiger partial charge is 0.296 e. The van der Waals surface area contributed by atoms with Crippen LogP contribution in [-0.2, 0) is 9.59 Å². The topological polar surface area (TPSA) is 46.2 Å². The Morgan fingerprint density at radius 2 is 1.68 bits per heavy atom. The highest BCUT2D eigenvalue weighted by atomic mass is 16.2. The number of amides is 2. The molecule has 2 aliphatic rings. The summed E-state index contributed by atoms with van der Waals surface area (Å²) in [4.78, 5) is 24.8. The fourth-order valence-electron chi connectivity index (χ4n) is 4.69. The Morgan fingerprint density at radius 3 is 2.36 bits per heavy atom. The van der Waals surface area contributed by atoms with Gasteiger partial charge >= 0.3 is 0 Å². The fourth-order valence-corrected chi connectivity index (χ4v) is 4.69. The molecule has 2 rings (SSSR count). The summed E-state index contributed by atoms with van der Waals surface area (Å²) in [5.74, 6) is 0.464. The number of allylic oxidation sites excluding steroid dienone is 2. The van der Waals surface area contributed by atoms with E-state index in [0.717, 1.165) is 44.9 Å². The molecule has 0 aromatic heterocycles. The van der Waals surface area contributed by atoms with Gasteiger partial charge in [-0.1, -0.05) is 77.4 Å².